The Balaban J connectivity index is 1.57. The minimum atomic E-state index is -0.191. The van der Waals surface area contributed by atoms with E-state index in [2.05, 4.69) is 10.6 Å². The van der Waals surface area contributed by atoms with Crippen molar-refractivity contribution in [2.45, 2.75) is 32.1 Å². The zero-order valence-electron chi connectivity index (χ0n) is 14.0. The molecule has 0 spiro atoms. The van der Waals surface area contributed by atoms with Crippen molar-refractivity contribution >= 4 is 40.6 Å². The molecule has 0 atom stereocenters. The van der Waals surface area contributed by atoms with Gasteiger partial charge < -0.3 is 10.6 Å². The Kier molecular flexibility index (Phi) is 6.01. The highest BCUT2D eigenvalue weighted by molar-refractivity contribution is 7.10. The summed E-state index contributed by atoms with van der Waals surface area (Å²) in [5.41, 5.74) is 1.39. The summed E-state index contributed by atoms with van der Waals surface area (Å²) in [4.78, 5) is 25.4. The van der Waals surface area contributed by atoms with Gasteiger partial charge in [-0.3, -0.25) is 9.59 Å². The first-order valence-corrected chi connectivity index (χ1v) is 9.52. The summed E-state index contributed by atoms with van der Waals surface area (Å²) in [7, 11) is 0. The lowest BCUT2D eigenvalue weighted by Gasteiger charge is -2.20. The molecule has 2 N–H and O–H groups in total. The van der Waals surface area contributed by atoms with Crippen molar-refractivity contribution in [1.82, 2.24) is 0 Å². The van der Waals surface area contributed by atoms with Gasteiger partial charge in [-0.15, -0.1) is 11.3 Å². The molecule has 1 saturated carbocycles. The van der Waals surface area contributed by atoms with E-state index in [1.807, 2.05) is 35.7 Å². The van der Waals surface area contributed by atoms with Crippen LogP contribution in [0.3, 0.4) is 0 Å². The van der Waals surface area contributed by atoms with Crippen LogP contribution in [0.2, 0.25) is 0 Å². The summed E-state index contributed by atoms with van der Waals surface area (Å²) in [5.74, 6) is 0.00523. The SMILES string of the molecule is O=C(/C=C/c1cccs1)Nc1cccc(NC(=O)C2CCCCC2)c1. The van der Waals surface area contributed by atoms with E-state index in [4.69, 9.17) is 0 Å². The second kappa shape index (κ2) is 8.62. The number of hydrogen-bond acceptors (Lipinski definition) is 3. The average Bonchev–Trinajstić information content (AvgIpc) is 3.15. The van der Waals surface area contributed by atoms with Crippen LogP contribution in [0.15, 0.2) is 47.9 Å². The molecule has 1 fully saturated rings. The number of nitrogens with one attached hydrogen (secondary N) is 2. The highest BCUT2D eigenvalue weighted by Crippen LogP contribution is 2.25. The predicted molar refractivity (Wildman–Crippen MR) is 104 cm³/mol. The molecule has 3 rings (SSSR count). The monoisotopic (exact) mass is 354 g/mol. The molecule has 1 aromatic carbocycles. The van der Waals surface area contributed by atoms with Crippen LogP contribution >= 0.6 is 11.3 Å². The largest absolute Gasteiger partial charge is 0.326 e. The Morgan fingerprint density at radius 3 is 2.48 bits per heavy atom. The molecule has 25 heavy (non-hydrogen) atoms. The highest BCUT2D eigenvalue weighted by atomic mass is 32.1. The molecule has 0 saturated heterocycles. The van der Waals surface area contributed by atoms with Gasteiger partial charge in [0.2, 0.25) is 11.8 Å². The third-order valence-corrected chi connectivity index (χ3v) is 5.15. The van der Waals surface area contributed by atoms with Crippen molar-refractivity contribution in [2.75, 3.05) is 10.6 Å². The van der Waals surface area contributed by atoms with Gasteiger partial charge in [0.1, 0.15) is 0 Å². The summed E-state index contributed by atoms with van der Waals surface area (Å²) < 4.78 is 0. The fourth-order valence-electron chi connectivity index (χ4n) is 3.01. The Labute approximate surface area is 152 Å². The normalized spacial score (nSPS) is 15.2. The van der Waals surface area contributed by atoms with Crippen LogP contribution in [-0.4, -0.2) is 11.8 Å². The van der Waals surface area contributed by atoms with Crippen LogP contribution in [0.25, 0.3) is 6.08 Å². The fraction of sp³-hybridized carbons (Fsp3) is 0.300. The molecule has 0 bridgehead atoms. The third kappa shape index (κ3) is 5.29. The maximum Gasteiger partial charge on any atom is 0.248 e. The molecule has 2 amide bonds. The van der Waals surface area contributed by atoms with Crippen molar-refractivity contribution in [3.63, 3.8) is 0 Å². The van der Waals surface area contributed by atoms with E-state index >= 15 is 0 Å². The molecule has 1 aliphatic carbocycles. The van der Waals surface area contributed by atoms with E-state index in [1.54, 1.807) is 23.5 Å². The summed E-state index contributed by atoms with van der Waals surface area (Å²) >= 11 is 1.58. The minimum Gasteiger partial charge on any atom is -0.326 e. The lowest BCUT2D eigenvalue weighted by molar-refractivity contribution is -0.120. The first-order chi connectivity index (χ1) is 12.2. The van der Waals surface area contributed by atoms with Crippen molar-refractivity contribution in [3.8, 4) is 0 Å². The Morgan fingerprint density at radius 1 is 1.00 bits per heavy atom. The number of hydrogen-bond donors (Lipinski definition) is 2. The second-order valence-corrected chi connectivity index (χ2v) is 7.22. The number of carbonyl (C=O) groups excluding carboxylic acids is 2. The van der Waals surface area contributed by atoms with Gasteiger partial charge in [-0.1, -0.05) is 31.4 Å². The second-order valence-electron chi connectivity index (χ2n) is 6.24. The topological polar surface area (TPSA) is 58.2 Å². The predicted octanol–water partition coefficient (Wildman–Crippen LogP) is 4.92. The van der Waals surface area contributed by atoms with Crippen LogP contribution in [0, 0.1) is 5.92 Å². The number of rotatable bonds is 5. The van der Waals surface area contributed by atoms with E-state index in [0.717, 1.165) is 36.2 Å². The lowest BCUT2D eigenvalue weighted by Crippen LogP contribution is -2.24. The van der Waals surface area contributed by atoms with E-state index < -0.39 is 0 Å². The third-order valence-electron chi connectivity index (χ3n) is 4.32. The van der Waals surface area contributed by atoms with Gasteiger partial charge in [0.25, 0.3) is 0 Å². The highest BCUT2D eigenvalue weighted by Gasteiger charge is 2.21. The fourth-order valence-corrected chi connectivity index (χ4v) is 3.63. The van der Waals surface area contributed by atoms with Crippen molar-refractivity contribution in [2.24, 2.45) is 5.92 Å². The summed E-state index contributed by atoms with van der Waals surface area (Å²) in [6, 6.07) is 11.2. The molecular weight excluding hydrogens is 332 g/mol. The minimum absolute atomic E-state index is 0.0840. The van der Waals surface area contributed by atoms with Gasteiger partial charge in [-0.2, -0.15) is 0 Å². The molecule has 0 radical (unpaired) electrons. The smallest absolute Gasteiger partial charge is 0.248 e. The average molecular weight is 354 g/mol. The van der Waals surface area contributed by atoms with Gasteiger partial charge in [0.05, 0.1) is 0 Å². The summed E-state index contributed by atoms with van der Waals surface area (Å²) in [6.07, 6.45) is 8.72. The van der Waals surface area contributed by atoms with Gasteiger partial charge in [-0.25, -0.2) is 0 Å². The lowest BCUT2D eigenvalue weighted by atomic mass is 9.88. The molecule has 130 valence electrons. The van der Waals surface area contributed by atoms with Crippen LogP contribution in [0.1, 0.15) is 37.0 Å². The molecule has 2 aromatic rings. The number of carbonyl (C=O) groups is 2. The van der Waals surface area contributed by atoms with Crippen LogP contribution < -0.4 is 10.6 Å². The number of benzene rings is 1. The van der Waals surface area contributed by atoms with E-state index in [-0.39, 0.29) is 17.7 Å². The molecule has 0 aliphatic heterocycles. The number of anilines is 2. The molecule has 5 heteroatoms. The zero-order valence-corrected chi connectivity index (χ0v) is 14.9. The maximum atomic E-state index is 12.3. The van der Waals surface area contributed by atoms with Crippen molar-refractivity contribution in [1.29, 1.82) is 0 Å². The molecule has 0 unspecified atom stereocenters. The summed E-state index contributed by atoms with van der Waals surface area (Å²) in [6.45, 7) is 0. The Morgan fingerprint density at radius 2 is 1.76 bits per heavy atom. The molecule has 4 nitrogen and oxygen atoms in total. The van der Waals surface area contributed by atoms with E-state index in [1.165, 1.54) is 12.5 Å². The number of thiophene rings is 1. The summed E-state index contributed by atoms with van der Waals surface area (Å²) in [5, 5.41) is 7.77. The van der Waals surface area contributed by atoms with Crippen LogP contribution in [0.5, 0.6) is 0 Å². The van der Waals surface area contributed by atoms with Gasteiger partial charge in [0.15, 0.2) is 0 Å². The molecule has 1 aliphatic rings. The van der Waals surface area contributed by atoms with Gasteiger partial charge in [-0.05, 0) is 48.6 Å². The van der Waals surface area contributed by atoms with Crippen LogP contribution in [-0.2, 0) is 9.59 Å². The van der Waals surface area contributed by atoms with Gasteiger partial charge in [0, 0.05) is 28.2 Å². The van der Waals surface area contributed by atoms with E-state index in [9.17, 15) is 9.59 Å². The molecule has 1 aromatic heterocycles. The Hall–Kier alpha value is -2.40. The standard InChI is InChI=1S/C20H22N2O2S/c23-19(12-11-18-10-5-13-25-18)21-16-8-4-9-17(14-16)22-20(24)15-6-2-1-3-7-15/h4-5,8-15H,1-3,6-7H2,(H,21,23)(H,22,24)/b12-11+. The van der Waals surface area contributed by atoms with Crippen LogP contribution in [0.4, 0.5) is 11.4 Å². The Bertz CT molecular complexity index is 747. The van der Waals surface area contributed by atoms with Gasteiger partial charge >= 0.3 is 0 Å². The molecule has 1 heterocycles. The first-order valence-electron chi connectivity index (χ1n) is 8.64. The number of amides is 2. The quantitative estimate of drug-likeness (QED) is 0.749. The van der Waals surface area contributed by atoms with Crippen molar-refractivity contribution < 1.29 is 9.59 Å². The zero-order chi connectivity index (χ0) is 17.5. The maximum absolute atomic E-state index is 12.3. The van der Waals surface area contributed by atoms with Crippen molar-refractivity contribution in [3.05, 3.63) is 52.7 Å². The molecular formula is C20H22N2O2S. The first kappa shape index (κ1) is 17.4. The van der Waals surface area contributed by atoms with E-state index in [0.29, 0.717) is 5.69 Å².